The molecule has 1 aliphatic heterocycles. The van der Waals surface area contributed by atoms with Crippen molar-refractivity contribution in [2.45, 2.75) is 13.5 Å². The number of imidazole rings is 1. The minimum atomic E-state index is -0.0475. The average Bonchev–Trinajstić information content (AvgIpc) is 2.96. The van der Waals surface area contributed by atoms with Gasteiger partial charge < -0.3 is 14.6 Å². The quantitative estimate of drug-likeness (QED) is 0.603. The number of hydrogen-bond donors (Lipinski definition) is 1. The zero-order valence-corrected chi connectivity index (χ0v) is 15.0. The average molecular weight is 357 g/mol. The molecule has 5 nitrogen and oxygen atoms in total. The summed E-state index contributed by atoms with van der Waals surface area (Å²) >= 11 is 0. The second kappa shape index (κ2) is 6.13. The van der Waals surface area contributed by atoms with Crippen LogP contribution in [0.2, 0.25) is 0 Å². The molecule has 0 radical (unpaired) electrons. The summed E-state index contributed by atoms with van der Waals surface area (Å²) in [5.74, 6) is 1.61. The van der Waals surface area contributed by atoms with Gasteiger partial charge in [-0.1, -0.05) is 36.4 Å². The maximum absolute atomic E-state index is 12.4. The van der Waals surface area contributed by atoms with Gasteiger partial charge in [0.15, 0.2) is 0 Å². The normalized spacial score (nSPS) is 13.6. The lowest BCUT2D eigenvalue weighted by molar-refractivity contribution is 0.0956. The topological polar surface area (TPSA) is 56.1 Å². The molecule has 134 valence electrons. The number of amides is 1. The summed E-state index contributed by atoms with van der Waals surface area (Å²) in [5.41, 5.74) is 3.36. The second-order valence-electron chi connectivity index (χ2n) is 6.61. The van der Waals surface area contributed by atoms with Crippen LogP contribution in [-0.2, 0) is 6.54 Å². The fourth-order valence-electron chi connectivity index (χ4n) is 3.91. The first-order chi connectivity index (χ1) is 13.3. The summed E-state index contributed by atoms with van der Waals surface area (Å²) in [6.45, 7) is 3.80. The number of carbonyl (C=O) groups excluding carboxylic acids is 1. The molecule has 1 N–H and O–H groups in total. The van der Waals surface area contributed by atoms with Crippen molar-refractivity contribution in [3.05, 3.63) is 60.2 Å². The van der Waals surface area contributed by atoms with Crippen LogP contribution in [0, 0.1) is 0 Å². The highest BCUT2D eigenvalue weighted by Gasteiger charge is 2.24. The third-order valence-electron chi connectivity index (χ3n) is 5.05. The molecular formula is C22H19N3O2. The van der Waals surface area contributed by atoms with E-state index in [2.05, 4.69) is 28.1 Å². The van der Waals surface area contributed by atoms with Gasteiger partial charge in [0.2, 0.25) is 0 Å². The molecule has 0 bridgehead atoms. The Morgan fingerprint density at radius 3 is 2.89 bits per heavy atom. The Kier molecular flexibility index (Phi) is 3.60. The number of fused-ring (bicyclic) bond motifs is 1. The summed E-state index contributed by atoms with van der Waals surface area (Å²) < 4.78 is 8.11. The summed E-state index contributed by atoms with van der Waals surface area (Å²) in [7, 11) is 0. The Balaban J connectivity index is 1.89. The van der Waals surface area contributed by atoms with E-state index in [-0.39, 0.29) is 5.91 Å². The zero-order valence-electron chi connectivity index (χ0n) is 15.0. The molecule has 1 amide bonds. The summed E-state index contributed by atoms with van der Waals surface area (Å²) in [4.78, 5) is 17.4. The highest BCUT2D eigenvalue weighted by Crippen LogP contribution is 2.39. The van der Waals surface area contributed by atoms with Crippen LogP contribution in [0.4, 0.5) is 0 Å². The van der Waals surface area contributed by atoms with Crippen LogP contribution in [0.25, 0.3) is 33.2 Å². The molecule has 4 aromatic rings. The van der Waals surface area contributed by atoms with Crippen molar-refractivity contribution in [3.8, 4) is 17.1 Å². The second-order valence-corrected chi connectivity index (χ2v) is 6.61. The van der Waals surface area contributed by atoms with Crippen LogP contribution < -0.4 is 10.1 Å². The molecule has 0 spiro atoms. The summed E-state index contributed by atoms with van der Waals surface area (Å²) in [6, 6.07) is 18.0. The minimum absolute atomic E-state index is 0.0475. The molecule has 1 aliphatic rings. The predicted octanol–water partition coefficient (Wildman–Crippen LogP) is 4.00. The lowest BCUT2D eigenvalue weighted by Crippen LogP contribution is -2.24. The van der Waals surface area contributed by atoms with E-state index in [1.165, 1.54) is 0 Å². The van der Waals surface area contributed by atoms with Crippen molar-refractivity contribution in [3.63, 3.8) is 0 Å². The van der Waals surface area contributed by atoms with Crippen LogP contribution in [0.1, 0.15) is 17.3 Å². The smallest absolute Gasteiger partial charge is 0.253 e. The molecule has 1 aromatic heterocycles. The highest BCUT2D eigenvalue weighted by atomic mass is 16.5. The zero-order chi connectivity index (χ0) is 18.4. The van der Waals surface area contributed by atoms with Crippen LogP contribution in [-0.4, -0.2) is 28.6 Å². The van der Waals surface area contributed by atoms with Gasteiger partial charge in [-0.25, -0.2) is 4.98 Å². The molecule has 0 saturated heterocycles. The van der Waals surface area contributed by atoms with Gasteiger partial charge in [0.1, 0.15) is 11.6 Å². The summed E-state index contributed by atoms with van der Waals surface area (Å²) in [6.07, 6.45) is 0. The number of ether oxygens (including phenoxy) is 1. The third-order valence-corrected chi connectivity index (χ3v) is 5.05. The number of hydrogen-bond acceptors (Lipinski definition) is 3. The number of rotatable bonds is 3. The molecule has 5 rings (SSSR count). The van der Waals surface area contributed by atoms with Gasteiger partial charge in [-0.3, -0.25) is 4.79 Å². The molecule has 0 unspecified atom stereocenters. The summed E-state index contributed by atoms with van der Waals surface area (Å²) in [5, 5.41) is 5.21. The first-order valence-electron chi connectivity index (χ1n) is 9.20. The molecule has 3 aromatic carbocycles. The Labute approximate surface area is 156 Å². The number of nitrogens with one attached hydrogen (secondary N) is 1. The van der Waals surface area contributed by atoms with E-state index in [1.54, 1.807) is 0 Å². The van der Waals surface area contributed by atoms with Crippen LogP contribution in [0.15, 0.2) is 54.6 Å². The Morgan fingerprint density at radius 2 is 2.00 bits per heavy atom. The van der Waals surface area contributed by atoms with E-state index in [0.717, 1.165) is 38.9 Å². The number of nitrogens with zero attached hydrogens (tertiary/aromatic N) is 2. The predicted molar refractivity (Wildman–Crippen MR) is 106 cm³/mol. The number of aromatic nitrogens is 2. The van der Waals surface area contributed by atoms with Crippen LogP contribution in [0.3, 0.4) is 0 Å². The van der Waals surface area contributed by atoms with Crippen molar-refractivity contribution in [1.29, 1.82) is 0 Å². The molecule has 0 atom stereocenters. The van der Waals surface area contributed by atoms with Crippen molar-refractivity contribution >= 4 is 27.7 Å². The van der Waals surface area contributed by atoms with Gasteiger partial charge in [0.25, 0.3) is 5.91 Å². The Morgan fingerprint density at radius 1 is 1.11 bits per heavy atom. The Bertz CT molecular complexity index is 1190. The van der Waals surface area contributed by atoms with E-state index < -0.39 is 0 Å². The molecule has 0 aliphatic carbocycles. The van der Waals surface area contributed by atoms with Gasteiger partial charge >= 0.3 is 0 Å². The van der Waals surface area contributed by atoms with Gasteiger partial charge in [-0.05, 0) is 35.9 Å². The van der Waals surface area contributed by atoms with Gasteiger partial charge in [0.05, 0.1) is 28.8 Å². The van der Waals surface area contributed by atoms with Crippen LogP contribution >= 0.6 is 0 Å². The minimum Gasteiger partial charge on any atom is -0.493 e. The largest absolute Gasteiger partial charge is 0.493 e. The first-order valence-corrected chi connectivity index (χ1v) is 9.20. The number of carbonyl (C=O) groups is 1. The van der Waals surface area contributed by atoms with E-state index in [1.807, 2.05) is 43.3 Å². The van der Waals surface area contributed by atoms with E-state index >= 15 is 0 Å². The lowest BCUT2D eigenvalue weighted by atomic mass is 10.0. The van der Waals surface area contributed by atoms with Crippen LogP contribution in [0.5, 0.6) is 5.75 Å². The van der Waals surface area contributed by atoms with E-state index in [0.29, 0.717) is 25.3 Å². The SMILES string of the molecule is CCOc1ccc2ccccc2c1-c1nc2cccc3c2n1CCNC3=O. The number of benzene rings is 3. The molecule has 0 fully saturated rings. The van der Waals surface area contributed by atoms with E-state index in [4.69, 9.17) is 9.72 Å². The van der Waals surface area contributed by atoms with E-state index in [9.17, 15) is 4.79 Å². The van der Waals surface area contributed by atoms with Crippen molar-refractivity contribution in [1.82, 2.24) is 14.9 Å². The molecule has 2 heterocycles. The maximum Gasteiger partial charge on any atom is 0.253 e. The third kappa shape index (κ3) is 2.39. The molecular weight excluding hydrogens is 338 g/mol. The Hall–Kier alpha value is -3.34. The van der Waals surface area contributed by atoms with Gasteiger partial charge in [-0.2, -0.15) is 0 Å². The standard InChI is InChI=1S/C22H19N3O2/c1-2-27-18-11-10-14-6-3-4-7-15(14)19(18)21-24-17-9-5-8-16-20(17)25(21)13-12-23-22(16)26/h3-11H,2,12-13H2,1H3,(H,23,26). The number of para-hydroxylation sites is 1. The molecule has 27 heavy (non-hydrogen) atoms. The van der Waals surface area contributed by atoms with Crippen molar-refractivity contribution in [2.24, 2.45) is 0 Å². The molecule has 5 heteroatoms. The first kappa shape index (κ1) is 15.9. The highest BCUT2D eigenvalue weighted by molar-refractivity contribution is 6.07. The van der Waals surface area contributed by atoms with Gasteiger partial charge in [-0.15, -0.1) is 0 Å². The monoisotopic (exact) mass is 357 g/mol. The maximum atomic E-state index is 12.4. The van der Waals surface area contributed by atoms with Crippen molar-refractivity contribution in [2.75, 3.05) is 13.2 Å². The van der Waals surface area contributed by atoms with Gasteiger partial charge in [0, 0.05) is 13.1 Å². The fraction of sp³-hybridized carbons (Fsp3) is 0.182. The molecule has 0 saturated carbocycles. The fourth-order valence-corrected chi connectivity index (χ4v) is 3.91. The van der Waals surface area contributed by atoms with Crippen molar-refractivity contribution < 1.29 is 9.53 Å². The lowest BCUT2D eigenvalue weighted by Gasteiger charge is -2.15.